The minimum atomic E-state index is 0.322. The van der Waals surface area contributed by atoms with Gasteiger partial charge in [-0.05, 0) is 36.8 Å². The second-order valence-electron chi connectivity index (χ2n) is 5.29. The van der Waals surface area contributed by atoms with Crippen LogP contribution in [0.3, 0.4) is 0 Å². The van der Waals surface area contributed by atoms with E-state index in [2.05, 4.69) is 35.6 Å². The SMILES string of the molecule is C=CCC1(CC=C)CNC(Cc2ccccn2)C1. The van der Waals surface area contributed by atoms with Gasteiger partial charge in [0.25, 0.3) is 0 Å². The summed E-state index contributed by atoms with van der Waals surface area (Å²) < 4.78 is 0. The van der Waals surface area contributed by atoms with E-state index in [9.17, 15) is 0 Å². The van der Waals surface area contributed by atoms with Crippen LogP contribution in [-0.4, -0.2) is 17.6 Å². The predicted octanol–water partition coefficient (Wildman–Crippen LogP) is 3.12. The number of aromatic nitrogens is 1. The van der Waals surface area contributed by atoms with Crippen molar-refractivity contribution in [2.45, 2.75) is 31.7 Å². The number of hydrogen-bond acceptors (Lipinski definition) is 2. The van der Waals surface area contributed by atoms with Gasteiger partial charge in [-0.1, -0.05) is 18.2 Å². The summed E-state index contributed by atoms with van der Waals surface area (Å²) in [5, 5.41) is 3.63. The first kappa shape index (κ1) is 13.0. The normalized spacial score (nSPS) is 21.7. The quantitative estimate of drug-likeness (QED) is 0.775. The molecule has 0 amide bonds. The summed E-state index contributed by atoms with van der Waals surface area (Å²) >= 11 is 0. The van der Waals surface area contributed by atoms with Gasteiger partial charge in [0.2, 0.25) is 0 Å². The Morgan fingerprint density at radius 1 is 1.33 bits per heavy atom. The summed E-state index contributed by atoms with van der Waals surface area (Å²) in [4.78, 5) is 4.40. The van der Waals surface area contributed by atoms with Crippen molar-refractivity contribution in [2.24, 2.45) is 5.41 Å². The highest BCUT2D eigenvalue weighted by Crippen LogP contribution is 2.37. The van der Waals surface area contributed by atoms with Gasteiger partial charge in [-0.15, -0.1) is 13.2 Å². The minimum Gasteiger partial charge on any atom is -0.313 e. The molecule has 0 saturated carbocycles. The Morgan fingerprint density at radius 2 is 2.11 bits per heavy atom. The molecule has 0 aliphatic carbocycles. The Morgan fingerprint density at radius 3 is 2.72 bits per heavy atom. The molecule has 2 heterocycles. The molecule has 1 saturated heterocycles. The van der Waals surface area contributed by atoms with E-state index in [0.29, 0.717) is 11.5 Å². The van der Waals surface area contributed by atoms with E-state index < -0.39 is 0 Å². The van der Waals surface area contributed by atoms with Crippen LogP contribution in [0, 0.1) is 5.41 Å². The highest BCUT2D eigenvalue weighted by molar-refractivity contribution is 5.08. The maximum Gasteiger partial charge on any atom is 0.0419 e. The number of hydrogen-bond donors (Lipinski definition) is 1. The van der Waals surface area contributed by atoms with Gasteiger partial charge in [0.05, 0.1) is 0 Å². The van der Waals surface area contributed by atoms with Crippen molar-refractivity contribution < 1.29 is 0 Å². The van der Waals surface area contributed by atoms with Gasteiger partial charge in [0.15, 0.2) is 0 Å². The van der Waals surface area contributed by atoms with Crippen LogP contribution in [0.4, 0.5) is 0 Å². The summed E-state index contributed by atoms with van der Waals surface area (Å²) in [6, 6.07) is 6.64. The van der Waals surface area contributed by atoms with E-state index in [0.717, 1.165) is 25.8 Å². The summed E-state index contributed by atoms with van der Waals surface area (Å²) in [5.41, 5.74) is 1.49. The Kier molecular flexibility index (Phi) is 4.32. The van der Waals surface area contributed by atoms with Crippen molar-refractivity contribution >= 4 is 0 Å². The third-order valence-electron chi connectivity index (χ3n) is 3.78. The largest absolute Gasteiger partial charge is 0.313 e. The lowest BCUT2D eigenvalue weighted by Crippen LogP contribution is -2.24. The molecule has 1 aromatic rings. The highest BCUT2D eigenvalue weighted by Gasteiger charge is 2.36. The number of rotatable bonds is 6. The first-order chi connectivity index (χ1) is 8.78. The van der Waals surface area contributed by atoms with Crippen molar-refractivity contribution in [1.29, 1.82) is 0 Å². The van der Waals surface area contributed by atoms with E-state index in [4.69, 9.17) is 0 Å². The zero-order chi connectivity index (χ0) is 12.8. The molecule has 2 rings (SSSR count). The lowest BCUT2D eigenvalue weighted by molar-refractivity contribution is 0.323. The third-order valence-corrected chi connectivity index (χ3v) is 3.78. The van der Waals surface area contributed by atoms with Crippen LogP contribution in [0.2, 0.25) is 0 Å². The summed E-state index contributed by atoms with van der Waals surface area (Å²) in [5.74, 6) is 0. The molecule has 0 radical (unpaired) electrons. The molecule has 1 atom stereocenters. The smallest absolute Gasteiger partial charge is 0.0419 e. The lowest BCUT2D eigenvalue weighted by atomic mass is 9.78. The predicted molar refractivity (Wildman–Crippen MR) is 76.4 cm³/mol. The van der Waals surface area contributed by atoms with Crippen molar-refractivity contribution in [3.63, 3.8) is 0 Å². The van der Waals surface area contributed by atoms with E-state index >= 15 is 0 Å². The van der Waals surface area contributed by atoms with Crippen LogP contribution in [0.1, 0.15) is 25.0 Å². The molecule has 1 fully saturated rings. The molecule has 2 nitrogen and oxygen atoms in total. The van der Waals surface area contributed by atoms with Crippen molar-refractivity contribution in [3.05, 3.63) is 55.4 Å². The van der Waals surface area contributed by atoms with Crippen molar-refractivity contribution in [3.8, 4) is 0 Å². The molecule has 18 heavy (non-hydrogen) atoms. The zero-order valence-corrected chi connectivity index (χ0v) is 10.9. The van der Waals surface area contributed by atoms with Crippen LogP contribution < -0.4 is 5.32 Å². The highest BCUT2D eigenvalue weighted by atomic mass is 15.0. The standard InChI is InChI=1S/C16H22N2/c1-3-8-16(9-4-2)12-15(18-13-16)11-14-7-5-6-10-17-14/h3-7,10,15,18H,1-2,8-9,11-13H2. The van der Waals surface area contributed by atoms with E-state index in [1.807, 2.05) is 24.4 Å². The molecule has 1 aliphatic rings. The van der Waals surface area contributed by atoms with E-state index in [1.54, 1.807) is 0 Å². The van der Waals surface area contributed by atoms with Gasteiger partial charge < -0.3 is 5.32 Å². The van der Waals surface area contributed by atoms with Crippen LogP contribution in [0.15, 0.2) is 49.7 Å². The molecule has 0 spiro atoms. The van der Waals surface area contributed by atoms with Crippen LogP contribution in [-0.2, 0) is 6.42 Å². The van der Waals surface area contributed by atoms with E-state index in [-0.39, 0.29) is 0 Å². The monoisotopic (exact) mass is 242 g/mol. The third kappa shape index (κ3) is 3.08. The number of nitrogens with one attached hydrogen (secondary N) is 1. The number of nitrogens with zero attached hydrogens (tertiary/aromatic N) is 1. The molecule has 96 valence electrons. The molecule has 0 bridgehead atoms. The minimum absolute atomic E-state index is 0.322. The molecule has 1 N–H and O–H groups in total. The molecule has 1 aromatic heterocycles. The summed E-state index contributed by atoms with van der Waals surface area (Å²) in [7, 11) is 0. The Labute approximate surface area is 110 Å². The van der Waals surface area contributed by atoms with Crippen LogP contribution in [0.5, 0.6) is 0 Å². The summed E-state index contributed by atoms with van der Waals surface area (Å²) in [6.45, 7) is 8.83. The Balaban J connectivity index is 1.98. The van der Waals surface area contributed by atoms with Gasteiger partial charge >= 0.3 is 0 Å². The van der Waals surface area contributed by atoms with Gasteiger partial charge in [-0.25, -0.2) is 0 Å². The summed E-state index contributed by atoms with van der Waals surface area (Å²) in [6.07, 6.45) is 10.3. The topological polar surface area (TPSA) is 24.9 Å². The van der Waals surface area contributed by atoms with Crippen LogP contribution >= 0.6 is 0 Å². The second-order valence-corrected chi connectivity index (χ2v) is 5.29. The van der Waals surface area contributed by atoms with Gasteiger partial charge in [0.1, 0.15) is 0 Å². The molecular formula is C16H22N2. The molecule has 1 unspecified atom stereocenters. The lowest BCUT2D eigenvalue weighted by Gasteiger charge is -2.25. The fourth-order valence-electron chi connectivity index (χ4n) is 2.95. The maximum absolute atomic E-state index is 4.40. The zero-order valence-electron chi connectivity index (χ0n) is 10.9. The van der Waals surface area contributed by atoms with Crippen molar-refractivity contribution in [1.82, 2.24) is 10.3 Å². The Hall–Kier alpha value is -1.41. The maximum atomic E-state index is 4.40. The molecule has 1 aliphatic heterocycles. The fourth-order valence-corrected chi connectivity index (χ4v) is 2.95. The first-order valence-electron chi connectivity index (χ1n) is 6.63. The number of allylic oxidation sites excluding steroid dienone is 2. The van der Waals surface area contributed by atoms with Gasteiger partial charge in [-0.2, -0.15) is 0 Å². The van der Waals surface area contributed by atoms with Gasteiger partial charge in [-0.3, -0.25) is 4.98 Å². The average molecular weight is 242 g/mol. The first-order valence-corrected chi connectivity index (χ1v) is 6.63. The Bertz CT molecular complexity index is 387. The van der Waals surface area contributed by atoms with Crippen molar-refractivity contribution in [2.75, 3.05) is 6.54 Å². The average Bonchev–Trinajstić information content (AvgIpc) is 2.75. The van der Waals surface area contributed by atoms with Gasteiger partial charge in [0, 0.05) is 30.9 Å². The number of pyridine rings is 1. The molecule has 2 heteroatoms. The molecular weight excluding hydrogens is 220 g/mol. The second kappa shape index (κ2) is 5.96. The van der Waals surface area contributed by atoms with E-state index in [1.165, 1.54) is 12.1 Å². The van der Waals surface area contributed by atoms with Crippen LogP contribution in [0.25, 0.3) is 0 Å². The molecule has 0 aromatic carbocycles. The fraction of sp³-hybridized carbons (Fsp3) is 0.438.